The van der Waals surface area contributed by atoms with Crippen molar-refractivity contribution in [3.63, 3.8) is 0 Å². The van der Waals surface area contributed by atoms with Gasteiger partial charge in [-0.15, -0.1) is 0 Å². The minimum Gasteiger partial charge on any atom is -0.494 e. The van der Waals surface area contributed by atoms with Crippen molar-refractivity contribution >= 4 is 21.9 Å². The number of hydrogen-bond acceptors (Lipinski definition) is 5. The highest BCUT2D eigenvalue weighted by Gasteiger charge is 2.09. The predicted molar refractivity (Wildman–Crippen MR) is 72.1 cm³/mol. The van der Waals surface area contributed by atoms with Gasteiger partial charge in [0.1, 0.15) is 17.1 Å². The molecule has 6 nitrogen and oxygen atoms in total. The number of aromatic amines is 1. The van der Waals surface area contributed by atoms with Crippen molar-refractivity contribution in [2.24, 2.45) is 5.73 Å². The van der Waals surface area contributed by atoms with Crippen molar-refractivity contribution in [1.82, 2.24) is 15.0 Å². The van der Waals surface area contributed by atoms with Gasteiger partial charge in [0.05, 0.1) is 19.0 Å². The lowest BCUT2D eigenvalue weighted by Crippen LogP contribution is -2.15. The van der Waals surface area contributed by atoms with Gasteiger partial charge in [-0.25, -0.2) is 9.97 Å². The second kappa shape index (κ2) is 4.33. The van der Waals surface area contributed by atoms with E-state index in [9.17, 15) is 4.79 Å². The van der Waals surface area contributed by atoms with Crippen LogP contribution in [0, 0.1) is 0 Å². The minimum absolute atomic E-state index is 0.164. The van der Waals surface area contributed by atoms with Crippen LogP contribution in [0.15, 0.2) is 29.1 Å². The zero-order valence-electron chi connectivity index (χ0n) is 10.3. The lowest BCUT2D eigenvalue weighted by atomic mass is 10.1. The molecule has 19 heavy (non-hydrogen) atoms. The molecule has 0 saturated carbocycles. The monoisotopic (exact) mass is 256 g/mol. The van der Waals surface area contributed by atoms with E-state index in [1.165, 1.54) is 0 Å². The average Bonchev–Trinajstić information content (AvgIpc) is 2.44. The average molecular weight is 256 g/mol. The summed E-state index contributed by atoms with van der Waals surface area (Å²) in [4.78, 5) is 23.2. The van der Waals surface area contributed by atoms with Crippen LogP contribution in [0.25, 0.3) is 21.9 Å². The standard InChI is InChI=1S/C13H12N4O2/c1-19-9-4-2-3-7-5-8-12(17-11(7)9)15-10(6-14)16-13(8)18/h2-5H,6,14H2,1H3,(H,15,16,17,18). The van der Waals surface area contributed by atoms with Gasteiger partial charge >= 0.3 is 0 Å². The first-order valence-electron chi connectivity index (χ1n) is 5.79. The number of nitrogens with one attached hydrogen (secondary N) is 1. The van der Waals surface area contributed by atoms with E-state index in [0.29, 0.717) is 28.1 Å². The third kappa shape index (κ3) is 1.82. The molecule has 0 radical (unpaired) electrons. The summed E-state index contributed by atoms with van der Waals surface area (Å²) in [5, 5.41) is 1.28. The summed E-state index contributed by atoms with van der Waals surface area (Å²) in [6.45, 7) is 0.164. The van der Waals surface area contributed by atoms with Crippen molar-refractivity contribution in [2.45, 2.75) is 6.54 Å². The molecule has 3 rings (SSSR count). The molecule has 0 fully saturated rings. The molecular weight excluding hydrogens is 244 g/mol. The summed E-state index contributed by atoms with van der Waals surface area (Å²) in [7, 11) is 1.58. The van der Waals surface area contributed by atoms with Crippen LogP contribution in [0.3, 0.4) is 0 Å². The Hall–Kier alpha value is -2.47. The fourth-order valence-corrected chi connectivity index (χ4v) is 2.03. The molecule has 3 aromatic rings. The number of ether oxygens (including phenoxy) is 1. The number of nitrogens with zero attached hydrogens (tertiary/aromatic N) is 2. The summed E-state index contributed by atoms with van der Waals surface area (Å²) >= 11 is 0. The molecule has 1 aromatic carbocycles. The van der Waals surface area contributed by atoms with Gasteiger partial charge in [-0.2, -0.15) is 0 Å². The normalized spacial score (nSPS) is 11.1. The molecule has 0 saturated heterocycles. The van der Waals surface area contributed by atoms with Crippen LogP contribution >= 0.6 is 0 Å². The third-order valence-electron chi connectivity index (χ3n) is 2.95. The van der Waals surface area contributed by atoms with Crippen molar-refractivity contribution in [3.05, 3.63) is 40.4 Å². The Kier molecular flexibility index (Phi) is 2.64. The Morgan fingerprint density at radius 1 is 1.37 bits per heavy atom. The van der Waals surface area contributed by atoms with Gasteiger partial charge in [0.2, 0.25) is 0 Å². The molecule has 0 aliphatic rings. The van der Waals surface area contributed by atoms with E-state index in [-0.39, 0.29) is 12.1 Å². The lowest BCUT2D eigenvalue weighted by molar-refractivity contribution is 0.419. The fourth-order valence-electron chi connectivity index (χ4n) is 2.03. The van der Waals surface area contributed by atoms with Crippen LogP contribution in [-0.2, 0) is 6.54 Å². The van der Waals surface area contributed by atoms with E-state index in [4.69, 9.17) is 10.5 Å². The quantitative estimate of drug-likeness (QED) is 0.665. The highest BCUT2D eigenvalue weighted by Crippen LogP contribution is 2.24. The third-order valence-corrected chi connectivity index (χ3v) is 2.95. The van der Waals surface area contributed by atoms with Gasteiger partial charge in [0.25, 0.3) is 5.56 Å². The maximum Gasteiger partial charge on any atom is 0.260 e. The summed E-state index contributed by atoms with van der Waals surface area (Å²) in [5.74, 6) is 1.06. The Morgan fingerprint density at radius 3 is 2.95 bits per heavy atom. The van der Waals surface area contributed by atoms with E-state index >= 15 is 0 Å². The van der Waals surface area contributed by atoms with Gasteiger partial charge in [0.15, 0.2) is 5.65 Å². The fraction of sp³-hybridized carbons (Fsp3) is 0.154. The predicted octanol–water partition coefficient (Wildman–Crippen LogP) is 0.939. The number of benzene rings is 1. The number of H-pyrrole nitrogens is 1. The maximum absolute atomic E-state index is 11.9. The first kappa shape index (κ1) is 11.6. The number of methoxy groups -OCH3 is 1. The van der Waals surface area contributed by atoms with E-state index in [1.807, 2.05) is 18.2 Å². The van der Waals surface area contributed by atoms with Crippen LogP contribution in [-0.4, -0.2) is 22.1 Å². The highest BCUT2D eigenvalue weighted by atomic mass is 16.5. The molecule has 0 spiro atoms. The molecule has 0 amide bonds. The number of fused-ring (bicyclic) bond motifs is 2. The number of para-hydroxylation sites is 1. The van der Waals surface area contributed by atoms with Crippen molar-refractivity contribution in [3.8, 4) is 5.75 Å². The SMILES string of the molecule is COc1cccc2cc3c(=O)[nH]c(CN)nc3nc12. The van der Waals surface area contributed by atoms with Crippen LogP contribution in [0.2, 0.25) is 0 Å². The lowest BCUT2D eigenvalue weighted by Gasteiger charge is -2.06. The van der Waals surface area contributed by atoms with Crippen LogP contribution in [0.5, 0.6) is 5.75 Å². The molecule has 0 unspecified atom stereocenters. The zero-order chi connectivity index (χ0) is 13.4. The van der Waals surface area contributed by atoms with Gasteiger partial charge < -0.3 is 15.5 Å². The molecule has 0 aliphatic carbocycles. The van der Waals surface area contributed by atoms with E-state index in [0.717, 1.165) is 5.39 Å². The van der Waals surface area contributed by atoms with Crippen molar-refractivity contribution in [2.75, 3.05) is 7.11 Å². The number of pyridine rings is 1. The molecule has 3 N–H and O–H groups in total. The smallest absolute Gasteiger partial charge is 0.260 e. The van der Waals surface area contributed by atoms with Gasteiger partial charge in [-0.05, 0) is 12.1 Å². The van der Waals surface area contributed by atoms with Gasteiger partial charge in [0, 0.05) is 5.39 Å². The molecular formula is C13H12N4O2. The number of hydrogen-bond donors (Lipinski definition) is 2. The molecule has 2 aromatic heterocycles. The molecule has 6 heteroatoms. The largest absolute Gasteiger partial charge is 0.494 e. The number of aromatic nitrogens is 3. The van der Waals surface area contributed by atoms with Gasteiger partial charge in [-0.1, -0.05) is 12.1 Å². The summed E-state index contributed by atoms with van der Waals surface area (Å²) < 4.78 is 5.26. The summed E-state index contributed by atoms with van der Waals surface area (Å²) in [6.07, 6.45) is 0. The Bertz CT molecular complexity index is 826. The zero-order valence-corrected chi connectivity index (χ0v) is 10.3. The van der Waals surface area contributed by atoms with E-state index < -0.39 is 0 Å². The molecule has 2 heterocycles. The van der Waals surface area contributed by atoms with Crippen LogP contribution in [0.1, 0.15) is 5.82 Å². The Balaban J connectivity index is 2.45. The molecule has 0 atom stereocenters. The second-order valence-corrected chi connectivity index (χ2v) is 4.11. The number of rotatable bonds is 2. The Labute approximate surface area is 108 Å². The molecule has 0 aliphatic heterocycles. The first-order chi connectivity index (χ1) is 9.22. The van der Waals surface area contributed by atoms with Gasteiger partial charge in [-0.3, -0.25) is 4.79 Å². The minimum atomic E-state index is -0.234. The van der Waals surface area contributed by atoms with Crippen molar-refractivity contribution in [1.29, 1.82) is 0 Å². The summed E-state index contributed by atoms with van der Waals surface area (Å²) in [5.41, 5.74) is 6.32. The maximum atomic E-state index is 11.9. The molecule has 96 valence electrons. The van der Waals surface area contributed by atoms with E-state index in [1.54, 1.807) is 13.2 Å². The highest BCUT2D eigenvalue weighted by molar-refractivity contribution is 5.93. The second-order valence-electron chi connectivity index (χ2n) is 4.11. The van der Waals surface area contributed by atoms with Crippen LogP contribution in [0.4, 0.5) is 0 Å². The first-order valence-corrected chi connectivity index (χ1v) is 5.79. The Morgan fingerprint density at radius 2 is 2.21 bits per heavy atom. The van der Waals surface area contributed by atoms with Crippen molar-refractivity contribution < 1.29 is 4.74 Å². The van der Waals surface area contributed by atoms with Crippen LogP contribution < -0.4 is 16.0 Å². The molecule has 0 bridgehead atoms. The number of nitrogens with two attached hydrogens (primary N) is 1. The van der Waals surface area contributed by atoms with E-state index in [2.05, 4.69) is 15.0 Å². The topological polar surface area (TPSA) is 93.9 Å². The summed E-state index contributed by atoms with van der Waals surface area (Å²) in [6, 6.07) is 7.30.